The Hall–Kier alpha value is -1.98. The van der Waals surface area contributed by atoms with Crippen LogP contribution < -0.4 is 5.32 Å². The molecule has 132 valence electrons. The predicted molar refractivity (Wildman–Crippen MR) is 94.2 cm³/mol. The molecule has 0 aliphatic heterocycles. The lowest BCUT2D eigenvalue weighted by Gasteiger charge is -2.29. The molecule has 0 saturated heterocycles. The highest BCUT2D eigenvalue weighted by Gasteiger charge is 2.27. The molecule has 2 aromatic heterocycles. The van der Waals surface area contributed by atoms with Gasteiger partial charge >= 0.3 is 6.09 Å². The van der Waals surface area contributed by atoms with E-state index in [1.165, 1.54) is 5.69 Å². The zero-order valence-corrected chi connectivity index (χ0v) is 15.3. The number of carbonyl (C=O) groups is 1. The highest BCUT2D eigenvalue weighted by Crippen LogP contribution is 2.33. The van der Waals surface area contributed by atoms with Crippen molar-refractivity contribution in [3.05, 3.63) is 17.7 Å². The van der Waals surface area contributed by atoms with Crippen molar-refractivity contribution in [1.82, 2.24) is 19.9 Å². The van der Waals surface area contributed by atoms with Crippen LogP contribution in [0.1, 0.15) is 63.9 Å². The quantitative estimate of drug-likeness (QED) is 0.879. The first-order chi connectivity index (χ1) is 11.2. The number of ether oxygens (including phenoxy) is 1. The number of rotatable bonds is 2. The second-order valence-electron chi connectivity index (χ2n) is 7.90. The maximum Gasteiger partial charge on any atom is 0.407 e. The molecular formula is C18H28N4O2. The summed E-state index contributed by atoms with van der Waals surface area (Å²) in [5.74, 6) is 1.53. The summed E-state index contributed by atoms with van der Waals surface area (Å²) in [6.45, 7) is 7.74. The Labute approximate surface area is 143 Å². The van der Waals surface area contributed by atoms with E-state index in [4.69, 9.17) is 9.72 Å². The molecule has 1 saturated carbocycles. The lowest BCUT2D eigenvalue weighted by Crippen LogP contribution is -2.40. The molecule has 1 aliphatic rings. The van der Waals surface area contributed by atoms with Crippen molar-refractivity contribution < 1.29 is 9.53 Å². The molecule has 2 heterocycles. The third-order valence-corrected chi connectivity index (χ3v) is 4.78. The summed E-state index contributed by atoms with van der Waals surface area (Å²) in [4.78, 5) is 20.1. The van der Waals surface area contributed by atoms with Gasteiger partial charge in [0.1, 0.15) is 16.9 Å². The molecule has 1 fully saturated rings. The van der Waals surface area contributed by atoms with Gasteiger partial charge in [-0.1, -0.05) is 0 Å². The van der Waals surface area contributed by atoms with Gasteiger partial charge in [-0.2, -0.15) is 0 Å². The molecule has 0 atom stereocenters. The lowest BCUT2D eigenvalue weighted by molar-refractivity contribution is 0.0491. The predicted octanol–water partition coefficient (Wildman–Crippen LogP) is 3.76. The number of aromatic nitrogens is 3. The fourth-order valence-electron chi connectivity index (χ4n) is 3.41. The summed E-state index contributed by atoms with van der Waals surface area (Å²) in [5.41, 5.74) is 2.92. The van der Waals surface area contributed by atoms with Crippen molar-refractivity contribution in [2.45, 2.75) is 70.9 Å². The third-order valence-electron chi connectivity index (χ3n) is 4.78. The Morgan fingerprint density at radius 3 is 2.58 bits per heavy atom. The molecule has 24 heavy (non-hydrogen) atoms. The van der Waals surface area contributed by atoms with E-state index in [1.54, 1.807) is 0 Å². The van der Waals surface area contributed by atoms with Crippen LogP contribution in [0.4, 0.5) is 4.79 Å². The standard InChI is InChI=1S/C18H28N4O2/c1-11-15-14(10-22(11)5)20-16(21-15)12-6-8-13(9-7-12)19-17(23)24-18(2,3)4/h10,12-13H,6-9H2,1-5H3,(H,19,23)(H,20,21). The number of hydrogen-bond acceptors (Lipinski definition) is 3. The normalized spacial score (nSPS) is 21.9. The third kappa shape index (κ3) is 3.57. The summed E-state index contributed by atoms with van der Waals surface area (Å²) in [7, 11) is 2.04. The number of hydrogen-bond donors (Lipinski definition) is 2. The minimum absolute atomic E-state index is 0.198. The molecule has 0 aromatic carbocycles. The molecule has 0 spiro atoms. The number of imidazole rings is 1. The van der Waals surface area contributed by atoms with Gasteiger partial charge in [0, 0.05) is 30.9 Å². The van der Waals surface area contributed by atoms with Crippen LogP contribution in [-0.4, -0.2) is 32.3 Å². The maximum atomic E-state index is 11.9. The van der Waals surface area contributed by atoms with Gasteiger partial charge in [-0.3, -0.25) is 0 Å². The van der Waals surface area contributed by atoms with Crippen LogP contribution >= 0.6 is 0 Å². The first kappa shape index (κ1) is 16.9. The molecule has 0 unspecified atom stereocenters. The number of H-pyrrole nitrogens is 1. The second-order valence-corrected chi connectivity index (χ2v) is 7.90. The minimum atomic E-state index is -0.450. The second kappa shape index (κ2) is 6.15. The average molecular weight is 332 g/mol. The molecule has 2 N–H and O–H groups in total. The Kier molecular flexibility index (Phi) is 4.32. The highest BCUT2D eigenvalue weighted by atomic mass is 16.6. The molecular weight excluding hydrogens is 304 g/mol. The lowest BCUT2D eigenvalue weighted by atomic mass is 9.85. The van der Waals surface area contributed by atoms with Gasteiger partial charge in [0.25, 0.3) is 0 Å². The molecule has 1 aliphatic carbocycles. The van der Waals surface area contributed by atoms with Gasteiger partial charge in [0.15, 0.2) is 0 Å². The van der Waals surface area contributed by atoms with Crippen LogP contribution in [0.25, 0.3) is 11.0 Å². The molecule has 6 nitrogen and oxygen atoms in total. The summed E-state index contributed by atoms with van der Waals surface area (Å²) < 4.78 is 7.43. The fourth-order valence-corrected chi connectivity index (χ4v) is 3.41. The highest BCUT2D eigenvalue weighted by molar-refractivity contribution is 5.78. The summed E-state index contributed by atoms with van der Waals surface area (Å²) in [6, 6.07) is 0.198. The molecule has 3 rings (SSSR count). The summed E-state index contributed by atoms with van der Waals surface area (Å²) >= 11 is 0. The minimum Gasteiger partial charge on any atom is -0.444 e. The zero-order valence-electron chi connectivity index (χ0n) is 15.3. The van der Waals surface area contributed by atoms with Gasteiger partial charge in [-0.15, -0.1) is 0 Å². The van der Waals surface area contributed by atoms with Crippen LogP contribution in [-0.2, 0) is 11.8 Å². The first-order valence-electron chi connectivity index (χ1n) is 8.74. The van der Waals surface area contributed by atoms with Gasteiger partial charge in [0.05, 0.1) is 5.52 Å². The van der Waals surface area contributed by atoms with Crippen molar-refractivity contribution in [3.63, 3.8) is 0 Å². The molecule has 1 amide bonds. The summed E-state index contributed by atoms with van der Waals surface area (Å²) in [5, 5.41) is 2.99. The van der Waals surface area contributed by atoms with E-state index in [-0.39, 0.29) is 12.1 Å². The number of carbonyl (C=O) groups excluding carboxylic acids is 1. The number of aromatic amines is 1. The van der Waals surface area contributed by atoms with E-state index >= 15 is 0 Å². The van der Waals surface area contributed by atoms with Crippen LogP contribution in [0, 0.1) is 6.92 Å². The Bertz CT molecular complexity index is 730. The number of nitrogens with zero attached hydrogens (tertiary/aromatic N) is 2. The number of alkyl carbamates (subject to hydrolysis) is 1. The van der Waals surface area contributed by atoms with Gasteiger partial charge < -0.3 is 19.6 Å². The van der Waals surface area contributed by atoms with Gasteiger partial charge in [0.2, 0.25) is 0 Å². The number of aryl methyl sites for hydroxylation is 2. The van der Waals surface area contributed by atoms with Crippen LogP contribution in [0.15, 0.2) is 6.20 Å². The Morgan fingerprint density at radius 1 is 1.33 bits per heavy atom. The number of fused-ring (bicyclic) bond motifs is 1. The number of nitrogens with one attached hydrogen (secondary N) is 2. The van der Waals surface area contributed by atoms with E-state index in [0.29, 0.717) is 5.92 Å². The largest absolute Gasteiger partial charge is 0.444 e. The maximum absolute atomic E-state index is 11.9. The van der Waals surface area contributed by atoms with Crippen LogP contribution in [0.3, 0.4) is 0 Å². The monoisotopic (exact) mass is 332 g/mol. The van der Waals surface area contributed by atoms with Crippen LogP contribution in [0.5, 0.6) is 0 Å². The van der Waals surface area contributed by atoms with Gasteiger partial charge in [-0.05, 0) is 53.4 Å². The van der Waals surface area contributed by atoms with Crippen molar-refractivity contribution in [2.75, 3.05) is 0 Å². The molecule has 0 bridgehead atoms. The van der Waals surface area contributed by atoms with E-state index in [0.717, 1.165) is 42.5 Å². The van der Waals surface area contributed by atoms with Crippen molar-refractivity contribution >= 4 is 17.1 Å². The van der Waals surface area contributed by atoms with Crippen molar-refractivity contribution in [1.29, 1.82) is 0 Å². The van der Waals surface area contributed by atoms with E-state index in [2.05, 4.69) is 28.0 Å². The van der Waals surface area contributed by atoms with E-state index < -0.39 is 5.60 Å². The molecule has 6 heteroatoms. The molecule has 2 aromatic rings. The topological polar surface area (TPSA) is 71.9 Å². The average Bonchev–Trinajstić information content (AvgIpc) is 2.98. The fraction of sp³-hybridized carbons (Fsp3) is 0.667. The van der Waals surface area contributed by atoms with Gasteiger partial charge in [-0.25, -0.2) is 9.78 Å². The SMILES string of the molecule is Cc1c2nc(C3CCC(NC(=O)OC(C)(C)C)CC3)[nH]c2cn1C. The van der Waals surface area contributed by atoms with E-state index in [1.807, 2.05) is 27.8 Å². The zero-order chi connectivity index (χ0) is 17.5. The summed E-state index contributed by atoms with van der Waals surface area (Å²) in [6.07, 6.45) is 5.76. The first-order valence-corrected chi connectivity index (χ1v) is 8.74. The Morgan fingerprint density at radius 2 is 2.00 bits per heavy atom. The van der Waals surface area contributed by atoms with Crippen molar-refractivity contribution in [2.24, 2.45) is 7.05 Å². The Balaban J connectivity index is 1.57. The molecule has 0 radical (unpaired) electrons. The smallest absolute Gasteiger partial charge is 0.407 e. The number of amides is 1. The van der Waals surface area contributed by atoms with E-state index in [9.17, 15) is 4.79 Å². The van der Waals surface area contributed by atoms with Crippen LogP contribution in [0.2, 0.25) is 0 Å². The van der Waals surface area contributed by atoms with Crippen molar-refractivity contribution in [3.8, 4) is 0 Å².